The summed E-state index contributed by atoms with van der Waals surface area (Å²) in [6.45, 7) is 8.53. The number of carbonyl (C=O) groups excluding carboxylic acids is 1. The summed E-state index contributed by atoms with van der Waals surface area (Å²) in [5, 5.41) is 3.08. The van der Waals surface area contributed by atoms with Gasteiger partial charge in [-0.15, -0.1) is 0 Å². The molecule has 1 N–H and O–H groups in total. The SMILES string of the molecule is CCC(C)(C)CC(=O)NC1(C)CC1. The Morgan fingerprint density at radius 1 is 1.46 bits per heavy atom. The van der Waals surface area contributed by atoms with Crippen LogP contribution in [0.4, 0.5) is 0 Å². The Morgan fingerprint density at radius 2 is 2.00 bits per heavy atom. The maximum atomic E-state index is 11.6. The van der Waals surface area contributed by atoms with Gasteiger partial charge in [0.15, 0.2) is 0 Å². The number of hydrogen-bond donors (Lipinski definition) is 1. The van der Waals surface area contributed by atoms with Crippen LogP contribution in [0.5, 0.6) is 0 Å². The van der Waals surface area contributed by atoms with Gasteiger partial charge in [0.2, 0.25) is 5.91 Å². The molecule has 0 heterocycles. The molecule has 1 aliphatic rings. The van der Waals surface area contributed by atoms with E-state index in [1.54, 1.807) is 0 Å². The second-order valence-corrected chi connectivity index (χ2v) is 5.30. The average molecular weight is 183 g/mol. The second-order valence-electron chi connectivity index (χ2n) is 5.30. The van der Waals surface area contributed by atoms with Crippen LogP contribution < -0.4 is 5.32 Å². The third kappa shape index (κ3) is 3.37. The molecule has 0 atom stereocenters. The van der Waals surface area contributed by atoms with E-state index in [9.17, 15) is 4.79 Å². The van der Waals surface area contributed by atoms with Gasteiger partial charge in [0.25, 0.3) is 0 Å². The van der Waals surface area contributed by atoms with Gasteiger partial charge in [0.05, 0.1) is 0 Å². The van der Waals surface area contributed by atoms with Gasteiger partial charge < -0.3 is 5.32 Å². The van der Waals surface area contributed by atoms with Gasteiger partial charge in [0, 0.05) is 12.0 Å². The molecule has 1 amide bonds. The lowest BCUT2D eigenvalue weighted by atomic mass is 9.86. The van der Waals surface area contributed by atoms with Gasteiger partial charge in [-0.1, -0.05) is 27.2 Å². The molecule has 0 bridgehead atoms. The molecule has 13 heavy (non-hydrogen) atoms. The summed E-state index contributed by atoms with van der Waals surface area (Å²) < 4.78 is 0. The monoisotopic (exact) mass is 183 g/mol. The second kappa shape index (κ2) is 3.32. The minimum absolute atomic E-state index is 0.140. The molecule has 2 nitrogen and oxygen atoms in total. The highest BCUT2D eigenvalue weighted by Gasteiger charge is 2.39. The molecule has 0 saturated heterocycles. The zero-order valence-electron chi connectivity index (χ0n) is 9.24. The molecule has 1 fully saturated rings. The Bertz CT molecular complexity index is 204. The van der Waals surface area contributed by atoms with E-state index in [1.807, 2.05) is 0 Å². The van der Waals surface area contributed by atoms with Crippen LogP contribution in [0.3, 0.4) is 0 Å². The topological polar surface area (TPSA) is 29.1 Å². The highest BCUT2D eigenvalue weighted by Crippen LogP contribution is 2.35. The standard InChI is InChI=1S/C11H21NO/c1-5-10(2,3)8-9(13)12-11(4)6-7-11/h5-8H2,1-4H3,(H,12,13). The van der Waals surface area contributed by atoms with Crippen molar-refractivity contribution in [3.8, 4) is 0 Å². The van der Waals surface area contributed by atoms with Crippen LogP contribution in [0.25, 0.3) is 0 Å². The fourth-order valence-electron chi connectivity index (χ4n) is 1.25. The van der Waals surface area contributed by atoms with Crippen molar-refractivity contribution in [1.29, 1.82) is 0 Å². The van der Waals surface area contributed by atoms with Crippen molar-refractivity contribution in [3.05, 3.63) is 0 Å². The lowest BCUT2D eigenvalue weighted by Crippen LogP contribution is -2.36. The lowest BCUT2D eigenvalue weighted by molar-refractivity contribution is -0.123. The summed E-state index contributed by atoms with van der Waals surface area (Å²) in [6.07, 6.45) is 3.99. The van der Waals surface area contributed by atoms with Crippen LogP contribution in [-0.4, -0.2) is 11.4 Å². The summed E-state index contributed by atoms with van der Waals surface area (Å²) in [5.41, 5.74) is 0.288. The summed E-state index contributed by atoms with van der Waals surface area (Å²) >= 11 is 0. The zero-order chi connectivity index (χ0) is 10.1. The normalized spacial score (nSPS) is 19.7. The Morgan fingerprint density at radius 3 is 2.38 bits per heavy atom. The first-order chi connectivity index (χ1) is 5.87. The van der Waals surface area contributed by atoms with Crippen LogP contribution in [0.1, 0.15) is 53.4 Å². The Kier molecular flexibility index (Phi) is 2.69. The van der Waals surface area contributed by atoms with Crippen LogP contribution in [-0.2, 0) is 4.79 Å². The van der Waals surface area contributed by atoms with Gasteiger partial charge in [0.1, 0.15) is 0 Å². The lowest BCUT2D eigenvalue weighted by Gasteiger charge is -2.23. The molecule has 0 radical (unpaired) electrons. The first kappa shape index (κ1) is 10.6. The van der Waals surface area contributed by atoms with Crippen molar-refractivity contribution < 1.29 is 4.79 Å². The highest BCUT2D eigenvalue weighted by molar-refractivity contribution is 5.77. The summed E-state index contributed by atoms with van der Waals surface area (Å²) in [6, 6.07) is 0. The van der Waals surface area contributed by atoms with Crippen molar-refractivity contribution in [1.82, 2.24) is 5.32 Å². The summed E-state index contributed by atoms with van der Waals surface area (Å²) in [5.74, 6) is 0.215. The van der Waals surface area contributed by atoms with E-state index in [1.165, 1.54) is 0 Å². The third-order valence-corrected chi connectivity index (χ3v) is 3.04. The largest absolute Gasteiger partial charge is 0.351 e. The predicted octanol–water partition coefficient (Wildman–Crippen LogP) is 2.48. The van der Waals surface area contributed by atoms with Crippen LogP contribution in [0, 0.1) is 5.41 Å². The molecule has 1 saturated carbocycles. The summed E-state index contributed by atoms with van der Waals surface area (Å²) in [4.78, 5) is 11.6. The van der Waals surface area contributed by atoms with E-state index in [0.717, 1.165) is 19.3 Å². The van der Waals surface area contributed by atoms with E-state index in [-0.39, 0.29) is 16.9 Å². The molecule has 0 aromatic heterocycles. The number of amides is 1. The van der Waals surface area contributed by atoms with Crippen molar-refractivity contribution >= 4 is 5.91 Å². The third-order valence-electron chi connectivity index (χ3n) is 3.04. The van der Waals surface area contributed by atoms with Crippen LogP contribution in [0.2, 0.25) is 0 Å². The Hall–Kier alpha value is -0.530. The maximum Gasteiger partial charge on any atom is 0.220 e. The molecule has 0 aromatic carbocycles. The minimum atomic E-state index is 0.140. The average Bonchev–Trinajstić information content (AvgIpc) is 2.66. The van der Waals surface area contributed by atoms with Crippen molar-refractivity contribution in [2.45, 2.75) is 58.9 Å². The highest BCUT2D eigenvalue weighted by atomic mass is 16.1. The fourth-order valence-corrected chi connectivity index (χ4v) is 1.25. The van der Waals surface area contributed by atoms with Gasteiger partial charge in [-0.05, 0) is 25.2 Å². The zero-order valence-corrected chi connectivity index (χ0v) is 9.24. The Labute approximate surface area is 81.1 Å². The maximum absolute atomic E-state index is 11.6. The molecular weight excluding hydrogens is 162 g/mol. The van der Waals surface area contributed by atoms with Crippen LogP contribution >= 0.6 is 0 Å². The smallest absolute Gasteiger partial charge is 0.220 e. The Balaban J connectivity index is 2.32. The number of hydrogen-bond acceptors (Lipinski definition) is 1. The molecule has 1 aliphatic carbocycles. The fraction of sp³-hybridized carbons (Fsp3) is 0.909. The van der Waals surface area contributed by atoms with E-state index < -0.39 is 0 Å². The number of rotatable bonds is 4. The van der Waals surface area contributed by atoms with Crippen molar-refractivity contribution in [3.63, 3.8) is 0 Å². The summed E-state index contributed by atoms with van der Waals surface area (Å²) in [7, 11) is 0. The van der Waals surface area contributed by atoms with Gasteiger partial charge in [-0.25, -0.2) is 0 Å². The minimum Gasteiger partial charge on any atom is -0.351 e. The van der Waals surface area contributed by atoms with E-state index in [0.29, 0.717) is 6.42 Å². The molecule has 1 rings (SSSR count). The van der Waals surface area contributed by atoms with Crippen molar-refractivity contribution in [2.75, 3.05) is 0 Å². The molecule has 0 unspecified atom stereocenters. The first-order valence-corrected chi connectivity index (χ1v) is 5.18. The van der Waals surface area contributed by atoms with Gasteiger partial charge >= 0.3 is 0 Å². The van der Waals surface area contributed by atoms with E-state index in [4.69, 9.17) is 0 Å². The predicted molar refractivity (Wildman–Crippen MR) is 54.5 cm³/mol. The van der Waals surface area contributed by atoms with Crippen LogP contribution in [0.15, 0.2) is 0 Å². The van der Waals surface area contributed by atoms with Gasteiger partial charge in [-0.2, -0.15) is 0 Å². The van der Waals surface area contributed by atoms with E-state index >= 15 is 0 Å². The molecule has 0 aromatic rings. The molecule has 0 spiro atoms. The molecular formula is C11H21NO. The molecule has 76 valence electrons. The number of nitrogens with one attached hydrogen (secondary N) is 1. The van der Waals surface area contributed by atoms with E-state index in [2.05, 4.69) is 33.0 Å². The first-order valence-electron chi connectivity index (χ1n) is 5.18. The molecule has 0 aliphatic heterocycles. The molecule has 2 heteroatoms. The quantitative estimate of drug-likeness (QED) is 0.712. The van der Waals surface area contributed by atoms with Gasteiger partial charge in [-0.3, -0.25) is 4.79 Å². The van der Waals surface area contributed by atoms with Crippen molar-refractivity contribution in [2.24, 2.45) is 5.41 Å². The number of carbonyl (C=O) groups is 1.